The third-order valence-electron chi connectivity index (χ3n) is 4.31. The van der Waals surface area contributed by atoms with Crippen molar-refractivity contribution in [2.45, 2.75) is 46.6 Å². The highest BCUT2D eigenvalue weighted by Gasteiger charge is 2.23. The maximum atomic E-state index is 6.27. The Hall–Kier alpha value is -2.35. The molecule has 3 heterocycles. The highest BCUT2D eigenvalue weighted by molar-refractivity contribution is 6.34. The van der Waals surface area contributed by atoms with Crippen LogP contribution in [0.3, 0.4) is 0 Å². The molecule has 1 atom stereocenters. The second kappa shape index (κ2) is 7.90. The van der Waals surface area contributed by atoms with Crippen molar-refractivity contribution in [2.24, 2.45) is 5.92 Å². The van der Waals surface area contributed by atoms with Crippen LogP contribution in [0, 0.1) is 5.92 Å². The first-order valence-corrected chi connectivity index (χ1v) is 9.20. The fraction of sp³-hybridized carbons (Fsp3) is 0.529. The highest BCUT2D eigenvalue weighted by atomic mass is 35.5. The van der Waals surface area contributed by atoms with Crippen LogP contribution in [0.25, 0.3) is 22.6 Å². The molecule has 0 aliphatic heterocycles. The summed E-state index contributed by atoms with van der Waals surface area (Å²) in [6, 6.07) is 0. The lowest BCUT2D eigenvalue weighted by Gasteiger charge is -2.14. The molecule has 0 saturated heterocycles. The van der Waals surface area contributed by atoms with Crippen LogP contribution in [0.1, 0.15) is 40.0 Å². The molecule has 0 aliphatic carbocycles. The van der Waals surface area contributed by atoms with E-state index in [1.165, 1.54) is 12.8 Å². The number of halogens is 1. The molecule has 9 heteroatoms. The number of aromatic nitrogens is 5. The van der Waals surface area contributed by atoms with Gasteiger partial charge in [-0.1, -0.05) is 38.3 Å². The maximum absolute atomic E-state index is 6.27. The summed E-state index contributed by atoms with van der Waals surface area (Å²) in [6.45, 7) is 7.60. The Kier molecular flexibility index (Phi) is 5.61. The monoisotopic (exact) mass is 378 g/mol. The van der Waals surface area contributed by atoms with Crippen molar-refractivity contribution in [1.82, 2.24) is 24.8 Å². The maximum Gasteiger partial charge on any atom is 0.199 e. The first kappa shape index (κ1) is 18.4. The molecule has 26 heavy (non-hydrogen) atoms. The number of nitrogens with zero attached hydrogens (tertiary/aromatic N) is 5. The van der Waals surface area contributed by atoms with Crippen molar-refractivity contribution in [2.75, 3.05) is 12.3 Å². The van der Waals surface area contributed by atoms with Gasteiger partial charge in [-0.05, 0) is 29.6 Å². The molecule has 2 N–H and O–H groups in total. The van der Waals surface area contributed by atoms with Gasteiger partial charge in [0, 0.05) is 6.54 Å². The number of nitrogens with two attached hydrogens (primary N) is 1. The Labute approximate surface area is 156 Å². The summed E-state index contributed by atoms with van der Waals surface area (Å²) in [5.74, 6) is 1.80. The Morgan fingerprint density at radius 2 is 2.15 bits per heavy atom. The van der Waals surface area contributed by atoms with E-state index in [9.17, 15) is 0 Å². The second-order valence-corrected chi connectivity index (χ2v) is 6.70. The van der Waals surface area contributed by atoms with Crippen LogP contribution in [0.5, 0.6) is 5.75 Å². The molecule has 0 spiro atoms. The molecule has 3 aromatic rings. The van der Waals surface area contributed by atoms with Gasteiger partial charge >= 0.3 is 0 Å². The largest absolute Gasteiger partial charge is 0.489 e. The number of pyridine rings is 1. The summed E-state index contributed by atoms with van der Waals surface area (Å²) in [5.41, 5.74) is 7.53. The van der Waals surface area contributed by atoms with Crippen molar-refractivity contribution in [3.63, 3.8) is 0 Å². The number of rotatable bonds is 8. The lowest BCUT2D eigenvalue weighted by molar-refractivity contribution is 0.251. The Balaban J connectivity index is 2.01. The summed E-state index contributed by atoms with van der Waals surface area (Å²) >= 11 is 6.27. The van der Waals surface area contributed by atoms with Crippen LogP contribution < -0.4 is 10.5 Å². The average molecular weight is 379 g/mol. The van der Waals surface area contributed by atoms with Gasteiger partial charge in [0.2, 0.25) is 0 Å². The number of hydrogen-bond donors (Lipinski definition) is 1. The minimum Gasteiger partial charge on any atom is -0.489 e. The lowest BCUT2D eigenvalue weighted by Crippen LogP contribution is -2.10. The van der Waals surface area contributed by atoms with E-state index in [-0.39, 0.29) is 5.82 Å². The fourth-order valence-corrected chi connectivity index (χ4v) is 3.08. The molecule has 0 fully saturated rings. The van der Waals surface area contributed by atoms with E-state index in [2.05, 4.69) is 34.1 Å². The SMILES string of the molecule is CCCCC(C)COc1cnc(Cl)c2nc(-c3nonc3N)n(CC)c12. The number of fused-ring (bicyclic) bond motifs is 1. The summed E-state index contributed by atoms with van der Waals surface area (Å²) < 4.78 is 12.7. The third-order valence-corrected chi connectivity index (χ3v) is 4.58. The van der Waals surface area contributed by atoms with Crippen LogP contribution in [0.4, 0.5) is 5.82 Å². The average Bonchev–Trinajstić information content (AvgIpc) is 3.22. The van der Waals surface area contributed by atoms with E-state index >= 15 is 0 Å². The first-order valence-electron chi connectivity index (χ1n) is 8.82. The summed E-state index contributed by atoms with van der Waals surface area (Å²) in [4.78, 5) is 8.78. The molecule has 0 amide bonds. The van der Waals surface area contributed by atoms with Crippen molar-refractivity contribution in [1.29, 1.82) is 0 Å². The lowest BCUT2D eigenvalue weighted by atomic mass is 10.1. The van der Waals surface area contributed by atoms with E-state index in [0.717, 1.165) is 11.9 Å². The van der Waals surface area contributed by atoms with Gasteiger partial charge in [-0.25, -0.2) is 14.6 Å². The molecule has 0 saturated carbocycles. The molecule has 8 nitrogen and oxygen atoms in total. The van der Waals surface area contributed by atoms with E-state index < -0.39 is 0 Å². The minimum absolute atomic E-state index is 0.176. The predicted molar refractivity (Wildman–Crippen MR) is 100 cm³/mol. The number of aryl methyl sites for hydroxylation is 1. The zero-order valence-electron chi connectivity index (χ0n) is 15.2. The van der Waals surface area contributed by atoms with Crippen LogP contribution in [-0.2, 0) is 6.54 Å². The minimum atomic E-state index is 0.176. The fourth-order valence-electron chi connectivity index (χ4n) is 2.90. The first-order chi connectivity index (χ1) is 12.6. The van der Waals surface area contributed by atoms with Gasteiger partial charge < -0.3 is 15.0 Å². The number of hydrogen-bond acceptors (Lipinski definition) is 7. The second-order valence-electron chi connectivity index (χ2n) is 6.35. The number of unbranched alkanes of at least 4 members (excludes halogenated alkanes) is 1. The van der Waals surface area contributed by atoms with Crippen molar-refractivity contribution in [3.8, 4) is 17.3 Å². The number of imidazole rings is 1. The highest BCUT2D eigenvalue weighted by Crippen LogP contribution is 2.34. The zero-order valence-corrected chi connectivity index (χ0v) is 16.0. The Morgan fingerprint density at radius 1 is 1.35 bits per heavy atom. The van der Waals surface area contributed by atoms with Gasteiger partial charge in [0.15, 0.2) is 28.2 Å². The van der Waals surface area contributed by atoms with Gasteiger partial charge in [-0.15, -0.1) is 0 Å². The smallest absolute Gasteiger partial charge is 0.199 e. The Morgan fingerprint density at radius 3 is 2.81 bits per heavy atom. The molecular formula is C17H23ClN6O2. The summed E-state index contributed by atoms with van der Waals surface area (Å²) in [7, 11) is 0. The van der Waals surface area contributed by atoms with Gasteiger partial charge in [-0.3, -0.25) is 0 Å². The van der Waals surface area contributed by atoms with Crippen molar-refractivity contribution >= 4 is 28.5 Å². The van der Waals surface area contributed by atoms with Gasteiger partial charge in [0.25, 0.3) is 0 Å². The third kappa shape index (κ3) is 3.46. The predicted octanol–water partition coefficient (Wildman–Crippen LogP) is 3.94. The van der Waals surface area contributed by atoms with Crippen LogP contribution in [0.15, 0.2) is 10.8 Å². The molecule has 0 aliphatic rings. The standard InChI is InChI=1S/C17H23ClN6O2/c1-4-6-7-10(3)9-25-11-8-20-15(18)12-14(11)24(5-2)17(21-12)13-16(19)23-26-22-13/h8,10H,4-7,9H2,1-3H3,(H2,19,23). The molecule has 3 rings (SSSR count). The van der Waals surface area contributed by atoms with Crippen LogP contribution in [-0.4, -0.2) is 31.5 Å². The van der Waals surface area contributed by atoms with Crippen molar-refractivity contribution in [3.05, 3.63) is 11.3 Å². The molecular weight excluding hydrogens is 356 g/mol. The molecule has 1 unspecified atom stereocenters. The van der Waals surface area contributed by atoms with Crippen LogP contribution in [0.2, 0.25) is 5.15 Å². The summed E-state index contributed by atoms with van der Waals surface area (Å²) in [6.07, 6.45) is 5.13. The number of nitrogen functional groups attached to an aromatic ring is 1. The van der Waals surface area contributed by atoms with Gasteiger partial charge in [0.05, 0.1) is 12.8 Å². The van der Waals surface area contributed by atoms with E-state index in [1.807, 2.05) is 11.5 Å². The van der Waals surface area contributed by atoms with E-state index in [4.69, 9.17) is 26.7 Å². The molecule has 0 radical (unpaired) electrons. The van der Waals surface area contributed by atoms with Crippen molar-refractivity contribution < 1.29 is 9.37 Å². The quantitative estimate of drug-likeness (QED) is 0.591. The zero-order chi connectivity index (χ0) is 18.7. The van der Waals surface area contributed by atoms with E-state index in [1.54, 1.807) is 6.20 Å². The number of anilines is 1. The molecule has 0 bridgehead atoms. The number of ether oxygens (including phenoxy) is 1. The molecule has 140 valence electrons. The van der Waals surface area contributed by atoms with Gasteiger partial charge in [0.1, 0.15) is 11.0 Å². The van der Waals surface area contributed by atoms with Crippen LogP contribution >= 0.6 is 11.6 Å². The topological polar surface area (TPSA) is 105 Å². The van der Waals surface area contributed by atoms with E-state index in [0.29, 0.717) is 47.0 Å². The Bertz CT molecular complexity index is 891. The van der Waals surface area contributed by atoms with Gasteiger partial charge in [-0.2, -0.15) is 0 Å². The molecule has 3 aromatic heterocycles. The normalized spacial score (nSPS) is 12.6. The summed E-state index contributed by atoms with van der Waals surface area (Å²) in [5, 5.41) is 7.79. The molecule has 0 aromatic carbocycles.